The molecule has 2 amide bonds. The van der Waals surface area contributed by atoms with E-state index in [1.54, 1.807) is 37.4 Å². The molecule has 4 rings (SSSR count). The van der Waals surface area contributed by atoms with Crippen LogP contribution in [0.15, 0.2) is 108 Å². The summed E-state index contributed by atoms with van der Waals surface area (Å²) in [6.07, 6.45) is 1.95. The highest BCUT2D eigenvalue weighted by Crippen LogP contribution is 2.27. The summed E-state index contributed by atoms with van der Waals surface area (Å²) in [7, 11) is -2.59. The number of nitrogens with one attached hydrogen (secondary N) is 1. The third-order valence-corrected chi connectivity index (χ3v) is 9.76. The van der Waals surface area contributed by atoms with Gasteiger partial charge in [0.25, 0.3) is 10.0 Å². The summed E-state index contributed by atoms with van der Waals surface area (Å²) in [5.41, 5.74) is 3.89. The van der Waals surface area contributed by atoms with Gasteiger partial charge in [0.15, 0.2) is 0 Å². The topological polar surface area (TPSA) is 96.0 Å². The van der Waals surface area contributed by atoms with Gasteiger partial charge in [-0.1, -0.05) is 80.1 Å². The first-order valence-corrected chi connectivity index (χ1v) is 17.0. The number of nitrogens with zero attached hydrogens (tertiary/aromatic N) is 2. The standard InChI is InChI=1S/C37H43N3O5S/c1-5-6-22-38-37(42)35(25-30-14-9-7-10-15-30)39(26-31-16-13-17-33(24-31)45-4)36(41)27-40(32-21-20-28(2)29(3)23-32)46(43,44)34-18-11-8-12-19-34/h7-21,23-24,35H,5-6,22,25-27H2,1-4H3,(H,38,42). The summed E-state index contributed by atoms with van der Waals surface area (Å²) in [5.74, 6) is -0.190. The average Bonchev–Trinajstić information content (AvgIpc) is 3.07. The van der Waals surface area contributed by atoms with Gasteiger partial charge < -0.3 is 15.0 Å². The second kappa shape index (κ2) is 16.1. The molecular formula is C37H43N3O5S. The normalized spacial score (nSPS) is 11.8. The number of hydrogen-bond donors (Lipinski definition) is 1. The molecule has 0 aliphatic rings. The zero-order valence-electron chi connectivity index (χ0n) is 27.0. The Bertz CT molecular complexity index is 1710. The van der Waals surface area contributed by atoms with Crippen molar-refractivity contribution >= 4 is 27.5 Å². The van der Waals surface area contributed by atoms with Crippen LogP contribution in [0.1, 0.15) is 42.0 Å². The van der Waals surface area contributed by atoms with Crippen LogP contribution in [0.3, 0.4) is 0 Å². The molecule has 0 saturated heterocycles. The van der Waals surface area contributed by atoms with Gasteiger partial charge >= 0.3 is 0 Å². The molecule has 0 aliphatic heterocycles. The van der Waals surface area contributed by atoms with Crippen LogP contribution in [-0.4, -0.2) is 51.4 Å². The molecule has 46 heavy (non-hydrogen) atoms. The summed E-state index contributed by atoms with van der Waals surface area (Å²) >= 11 is 0. The van der Waals surface area contributed by atoms with E-state index in [9.17, 15) is 18.0 Å². The number of sulfonamides is 1. The molecule has 0 fully saturated rings. The van der Waals surface area contributed by atoms with E-state index in [1.807, 2.05) is 81.4 Å². The second-order valence-electron chi connectivity index (χ2n) is 11.3. The highest BCUT2D eigenvalue weighted by molar-refractivity contribution is 7.92. The Morgan fingerprint density at radius 1 is 0.826 bits per heavy atom. The lowest BCUT2D eigenvalue weighted by Crippen LogP contribution is -2.53. The second-order valence-corrected chi connectivity index (χ2v) is 13.2. The first-order valence-electron chi connectivity index (χ1n) is 15.5. The Hall–Kier alpha value is -4.63. The van der Waals surface area contributed by atoms with Crippen molar-refractivity contribution in [1.29, 1.82) is 0 Å². The number of hydrogen-bond acceptors (Lipinski definition) is 5. The largest absolute Gasteiger partial charge is 0.497 e. The number of unbranched alkanes of at least 4 members (excludes halogenated alkanes) is 1. The highest BCUT2D eigenvalue weighted by Gasteiger charge is 2.34. The van der Waals surface area contributed by atoms with Crippen molar-refractivity contribution in [2.24, 2.45) is 0 Å². The van der Waals surface area contributed by atoms with Gasteiger partial charge in [0, 0.05) is 19.5 Å². The van der Waals surface area contributed by atoms with E-state index in [4.69, 9.17) is 4.74 Å². The molecule has 9 heteroatoms. The Morgan fingerprint density at radius 3 is 2.15 bits per heavy atom. The predicted molar refractivity (Wildman–Crippen MR) is 182 cm³/mol. The Morgan fingerprint density at radius 2 is 1.50 bits per heavy atom. The third-order valence-electron chi connectivity index (χ3n) is 7.98. The molecule has 0 heterocycles. The lowest BCUT2D eigenvalue weighted by Gasteiger charge is -2.34. The molecule has 1 unspecified atom stereocenters. The van der Waals surface area contributed by atoms with Gasteiger partial charge in [-0.25, -0.2) is 8.42 Å². The predicted octanol–water partition coefficient (Wildman–Crippen LogP) is 6.06. The van der Waals surface area contributed by atoms with Crippen LogP contribution in [-0.2, 0) is 32.6 Å². The van der Waals surface area contributed by atoms with Crippen LogP contribution < -0.4 is 14.4 Å². The van der Waals surface area contributed by atoms with Gasteiger partial charge in [-0.3, -0.25) is 13.9 Å². The number of anilines is 1. The van der Waals surface area contributed by atoms with Crippen molar-refractivity contribution in [3.05, 3.63) is 125 Å². The van der Waals surface area contributed by atoms with E-state index in [1.165, 1.54) is 17.0 Å². The minimum absolute atomic E-state index is 0.0681. The van der Waals surface area contributed by atoms with Crippen LogP contribution in [0.25, 0.3) is 0 Å². The zero-order valence-corrected chi connectivity index (χ0v) is 27.8. The Balaban J connectivity index is 1.81. The fourth-order valence-electron chi connectivity index (χ4n) is 5.16. The van der Waals surface area contributed by atoms with Crippen molar-refractivity contribution in [2.45, 2.75) is 57.5 Å². The molecule has 0 saturated carbocycles. The van der Waals surface area contributed by atoms with Crippen molar-refractivity contribution < 1.29 is 22.7 Å². The quantitative estimate of drug-likeness (QED) is 0.159. The third kappa shape index (κ3) is 8.75. The molecule has 0 bridgehead atoms. The van der Waals surface area contributed by atoms with Gasteiger partial charge in [-0.05, 0) is 78.9 Å². The molecule has 0 aromatic heterocycles. The van der Waals surface area contributed by atoms with Crippen LogP contribution in [0.2, 0.25) is 0 Å². The fourth-order valence-corrected chi connectivity index (χ4v) is 6.58. The number of benzene rings is 4. The Labute approximate surface area is 273 Å². The summed E-state index contributed by atoms with van der Waals surface area (Å²) in [4.78, 5) is 30.0. The van der Waals surface area contributed by atoms with E-state index in [0.717, 1.165) is 39.4 Å². The van der Waals surface area contributed by atoms with Crippen LogP contribution in [0.5, 0.6) is 5.75 Å². The number of methoxy groups -OCH3 is 1. The first kappa shape index (κ1) is 34.2. The van der Waals surface area contributed by atoms with E-state index < -0.39 is 28.5 Å². The van der Waals surface area contributed by atoms with Gasteiger partial charge in [-0.2, -0.15) is 0 Å². The first-order chi connectivity index (χ1) is 22.1. The molecule has 8 nitrogen and oxygen atoms in total. The van der Waals surface area contributed by atoms with Crippen molar-refractivity contribution in [2.75, 3.05) is 24.5 Å². The SMILES string of the molecule is CCCCNC(=O)C(Cc1ccccc1)N(Cc1cccc(OC)c1)C(=O)CN(c1ccc(C)c(C)c1)S(=O)(=O)c1ccccc1. The highest BCUT2D eigenvalue weighted by atomic mass is 32.2. The van der Waals surface area contributed by atoms with Gasteiger partial charge in [0.05, 0.1) is 17.7 Å². The van der Waals surface area contributed by atoms with Crippen molar-refractivity contribution in [3.63, 3.8) is 0 Å². The van der Waals surface area contributed by atoms with Crippen molar-refractivity contribution in [1.82, 2.24) is 10.2 Å². The van der Waals surface area contributed by atoms with Crippen molar-refractivity contribution in [3.8, 4) is 5.75 Å². The minimum Gasteiger partial charge on any atom is -0.497 e. The Kier molecular flexibility index (Phi) is 12.0. The van der Waals surface area contributed by atoms with Gasteiger partial charge in [0.2, 0.25) is 11.8 Å². The number of carbonyl (C=O) groups is 2. The zero-order chi connectivity index (χ0) is 33.1. The molecule has 4 aromatic carbocycles. The number of ether oxygens (including phenoxy) is 1. The maximum Gasteiger partial charge on any atom is 0.264 e. The molecule has 0 aliphatic carbocycles. The summed E-state index contributed by atoms with van der Waals surface area (Å²) in [6.45, 7) is 5.93. The van der Waals surface area contributed by atoms with Crippen LogP contribution in [0.4, 0.5) is 5.69 Å². The molecule has 1 atom stereocenters. The molecule has 242 valence electrons. The fraction of sp³-hybridized carbons (Fsp3) is 0.297. The number of carbonyl (C=O) groups excluding carboxylic acids is 2. The monoisotopic (exact) mass is 641 g/mol. The maximum absolute atomic E-state index is 14.6. The molecule has 0 spiro atoms. The molecule has 0 radical (unpaired) electrons. The van der Waals surface area contributed by atoms with Gasteiger partial charge in [0.1, 0.15) is 18.3 Å². The molecule has 1 N–H and O–H groups in total. The average molecular weight is 642 g/mol. The summed E-state index contributed by atoms with van der Waals surface area (Å²) < 4.78 is 34.9. The smallest absolute Gasteiger partial charge is 0.264 e. The van der Waals surface area contributed by atoms with E-state index in [2.05, 4.69) is 5.32 Å². The van der Waals surface area contributed by atoms with Gasteiger partial charge in [-0.15, -0.1) is 0 Å². The molecular weight excluding hydrogens is 598 g/mol. The lowest BCUT2D eigenvalue weighted by atomic mass is 10.0. The maximum atomic E-state index is 14.6. The van der Waals surface area contributed by atoms with Crippen LogP contribution in [0, 0.1) is 13.8 Å². The summed E-state index contributed by atoms with van der Waals surface area (Å²) in [5, 5.41) is 3.01. The number of rotatable bonds is 15. The number of amides is 2. The van der Waals surface area contributed by atoms with Crippen LogP contribution >= 0.6 is 0 Å². The molecule has 4 aromatic rings. The van der Waals surface area contributed by atoms with E-state index in [-0.39, 0.29) is 23.8 Å². The van der Waals surface area contributed by atoms with E-state index in [0.29, 0.717) is 18.0 Å². The number of aryl methyl sites for hydroxylation is 2. The summed E-state index contributed by atoms with van der Waals surface area (Å²) in [6, 6.07) is 29.3. The minimum atomic E-state index is -4.15. The van der Waals surface area contributed by atoms with E-state index >= 15 is 0 Å². The lowest BCUT2D eigenvalue weighted by molar-refractivity contribution is -0.140.